The molecule has 4 aromatic rings. The van der Waals surface area contributed by atoms with Gasteiger partial charge in [0.1, 0.15) is 11.6 Å². The van der Waals surface area contributed by atoms with Crippen molar-refractivity contribution in [3.63, 3.8) is 0 Å². The third kappa shape index (κ3) is 5.03. The maximum atomic E-state index is 13.2. The number of hydrogen-bond acceptors (Lipinski definition) is 7. The lowest BCUT2D eigenvalue weighted by Crippen LogP contribution is -2.31. The molecule has 1 aromatic carbocycles. The molecule has 38 heavy (non-hydrogen) atoms. The van der Waals surface area contributed by atoms with E-state index in [1.165, 1.54) is 18.6 Å². The zero-order valence-corrected chi connectivity index (χ0v) is 21.3. The second kappa shape index (κ2) is 10.0. The first-order valence-corrected chi connectivity index (χ1v) is 12.6. The molecule has 0 saturated heterocycles. The number of halogens is 3. The normalized spacial score (nSPS) is 14.9. The van der Waals surface area contributed by atoms with Crippen molar-refractivity contribution in [1.29, 1.82) is 5.26 Å². The SMILES string of the molecule is CC(C)c1ccnc(-c2nc3nc(C#N)nc(N[C@H](C)C4CCC4)c3n2Cc2ccc(C(F)(F)F)cc2)n1. The summed E-state index contributed by atoms with van der Waals surface area (Å²) in [5, 5.41) is 13.0. The zero-order chi connectivity index (χ0) is 27.0. The Balaban J connectivity index is 1.67. The highest BCUT2D eigenvalue weighted by Crippen LogP contribution is 2.34. The summed E-state index contributed by atoms with van der Waals surface area (Å²) in [5.41, 5.74) is 1.57. The van der Waals surface area contributed by atoms with Gasteiger partial charge < -0.3 is 9.88 Å². The van der Waals surface area contributed by atoms with E-state index in [2.05, 4.69) is 27.2 Å². The summed E-state index contributed by atoms with van der Waals surface area (Å²) >= 11 is 0. The van der Waals surface area contributed by atoms with Crippen LogP contribution in [0.3, 0.4) is 0 Å². The number of alkyl halides is 3. The molecule has 1 N–H and O–H groups in total. The van der Waals surface area contributed by atoms with Gasteiger partial charge in [-0.1, -0.05) is 32.4 Å². The van der Waals surface area contributed by atoms with Crippen molar-refractivity contribution in [2.24, 2.45) is 5.92 Å². The molecular weight excluding hydrogens is 493 g/mol. The Kier molecular flexibility index (Phi) is 6.73. The van der Waals surface area contributed by atoms with Gasteiger partial charge >= 0.3 is 6.18 Å². The van der Waals surface area contributed by atoms with Crippen LogP contribution in [-0.2, 0) is 12.7 Å². The average Bonchev–Trinajstić information content (AvgIpc) is 3.21. The maximum absolute atomic E-state index is 13.2. The van der Waals surface area contributed by atoms with Crippen LogP contribution in [0.1, 0.15) is 68.6 Å². The molecule has 0 radical (unpaired) electrons. The number of anilines is 1. The largest absolute Gasteiger partial charge is 0.416 e. The lowest BCUT2D eigenvalue weighted by molar-refractivity contribution is -0.137. The van der Waals surface area contributed by atoms with Crippen molar-refractivity contribution in [1.82, 2.24) is 29.5 Å². The van der Waals surface area contributed by atoms with Gasteiger partial charge in [-0.3, -0.25) is 0 Å². The van der Waals surface area contributed by atoms with Crippen molar-refractivity contribution >= 4 is 17.0 Å². The van der Waals surface area contributed by atoms with Crippen LogP contribution in [0.25, 0.3) is 22.8 Å². The molecule has 196 valence electrons. The van der Waals surface area contributed by atoms with E-state index in [-0.39, 0.29) is 24.3 Å². The molecule has 3 heterocycles. The number of rotatable bonds is 7. The topological polar surface area (TPSA) is 105 Å². The molecule has 0 amide bonds. The molecule has 0 aliphatic heterocycles. The quantitative estimate of drug-likeness (QED) is 0.321. The summed E-state index contributed by atoms with van der Waals surface area (Å²) in [4.78, 5) is 22.7. The molecule has 1 atom stereocenters. The molecule has 1 saturated carbocycles. The van der Waals surface area contributed by atoms with Gasteiger partial charge in [0.25, 0.3) is 0 Å². The molecule has 1 fully saturated rings. The van der Waals surface area contributed by atoms with Crippen molar-refractivity contribution in [2.45, 2.75) is 64.7 Å². The van der Waals surface area contributed by atoms with Gasteiger partial charge in [-0.15, -0.1) is 0 Å². The van der Waals surface area contributed by atoms with E-state index in [9.17, 15) is 18.4 Å². The minimum Gasteiger partial charge on any atom is -0.365 e. The van der Waals surface area contributed by atoms with Gasteiger partial charge in [-0.2, -0.15) is 28.4 Å². The van der Waals surface area contributed by atoms with Gasteiger partial charge in [-0.25, -0.2) is 15.0 Å². The Labute approximate surface area is 218 Å². The molecule has 0 spiro atoms. The van der Waals surface area contributed by atoms with Crippen LogP contribution in [-0.4, -0.2) is 35.5 Å². The Morgan fingerprint density at radius 2 is 1.79 bits per heavy atom. The number of nitrogens with zero attached hydrogens (tertiary/aromatic N) is 7. The fraction of sp³-hybridized carbons (Fsp3) is 0.407. The van der Waals surface area contributed by atoms with Gasteiger partial charge in [-0.05, 0) is 55.4 Å². The molecular formula is C27H27F3N8. The first kappa shape index (κ1) is 25.6. The number of aromatic nitrogens is 6. The summed E-state index contributed by atoms with van der Waals surface area (Å²) in [6.45, 7) is 6.30. The Bertz CT molecular complexity index is 1500. The van der Waals surface area contributed by atoms with Gasteiger partial charge in [0, 0.05) is 24.5 Å². The Morgan fingerprint density at radius 1 is 1.05 bits per heavy atom. The lowest BCUT2D eigenvalue weighted by atomic mass is 9.80. The van der Waals surface area contributed by atoms with Gasteiger partial charge in [0.05, 0.1) is 5.56 Å². The molecule has 0 unspecified atom stereocenters. The lowest BCUT2D eigenvalue weighted by Gasteiger charge is -2.32. The summed E-state index contributed by atoms with van der Waals surface area (Å²) in [5.74, 6) is 1.82. The van der Waals surface area contributed by atoms with Gasteiger partial charge in [0.2, 0.25) is 5.82 Å². The first-order chi connectivity index (χ1) is 18.1. The fourth-order valence-electron chi connectivity index (χ4n) is 4.57. The zero-order valence-electron chi connectivity index (χ0n) is 21.3. The molecule has 1 aliphatic carbocycles. The summed E-state index contributed by atoms with van der Waals surface area (Å²) in [7, 11) is 0. The van der Waals surface area contributed by atoms with Crippen LogP contribution in [0.15, 0.2) is 36.5 Å². The molecule has 3 aromatic heterocycles. The highest BCUT2D eigenvalue weighted by atomic mass is 19.4. The highest BCUT2D eigenvalue weighted by molar-refractivity contribution is 5.87. The number of nitrogens with one attached hydrogen (secondary N) is 1. The Morgan fingerprint density at radius 3 is 2.39 bits per heavy atom. The van der Waals surface area contributed by atoms with Crippen LogP contribution < -0.4 is 5.32 Å². The molecule has 11 heteroatoms. The number of hydrogen-bond donors (Lipinski definition) is 1. The minimum atomic E-state index is -4.42. The molecule has 5 rings (SSSR count). The van der Waals surface area contributed by atoms with E-state index in [1.807, 2.05) is 30.6 Å². The second-order valence-corrected chi connectivity index (χ2v) is 9.98. The Hall–Kier alpha value is -4.07. The van der Waals surface area contributed by atoms with E-state index in [4.69, 9.17) is 9.97 Å². The third-order valence-electron chi connectivity index (χ3n) is 7.01. The number of benzene rings is 1. The van der Waals surface area contributed by atoms with Crippen molar-refractivity contribution < 1.29 is 13.2 Å². The minimum absolute atomic E-state index is 0.0246. The van der Waals surface area contributed by atoms with E-state index >= 15 is 0 Å². The summed E-state index contributed by atoms with van der Waals surface area (Å²) in [6.07, 6.45) is 0.633. The van der Waals surface area contributed by atoms with E-state index in [0.717, 1.165) is 30.7 Å². The van der Waals surface area contributed by atoms with Crippen molar-refractivity contribution in [2.75, 3.05) is 5.32 Å². The van der Waals surface area contributed by atoms with Crippen LogP contribution in [0.4, 0.5) is 19.0 Å². The molecule has 1 aliphatic rings. The predicted octanol–water partition coefficient (Wildman–Crippen LogP) is 5.95. The monoisotopic (exact) mass is 520 g/mol. The molecule has 0 bridgehead atoms. The number of imidazole rings is 1. The van der Waals surface area contributed by atoms with Gasteiger partial charge in [0.15, 0.2) is 23.1 Å². The third-order valence-corrected chi connectivity index (χ3v) is 7.01. The second-order valence-electron chi connectivity index (χ2n) is 9.98. The van der Waals surface area contributed by atoms with Crippen LogP contribution in [0.2, 0.25) is 0 Å². The van der Waals surface area contributed by atoms with Crippen LogP contribution >= 0.6 is 0 Å². The molecule has 8 nitrogen and oxygen atoms in total. The average molecular weight is 521 g/mol. The highest BCUT2D eigenvalue weighted by Gasteiger charge is 2.30. The summed E-state index contributed by atoms with van der Waals surface area (Å²) < 4.78 is 41.3. The smallest absolute Gasteiger partial charge is 0.365 e. The van der Waals surface area contributed by atoms with Crippen molar-refractivity contribution in [3.8, 4) is 17.7 Å². The van der Waals surface area contributed by atoms with E-state index in [1.54, 1.807) is 6.20 Å². The number of nitriles is 1. The standard InChI is InChI=1S/C27H27F3N8/c1-15(2)20-11-12-32-25(34-20)26-37-24-22(38(26)14-17-7-9-19(10-8-17)27(28,29)30)23(35-21(13-31)36-24)33-16(3)18-5-4-6-18/h7-12,15-16,18H,4-6,14H2,1-3H3,(H,33,35,36)/t16-/m1/s1. The van der Waals surface area contributed by atoms with E-state index < -0.39 is 11.7 Å². The fourth-order valence-corrected chi connectivity index (χ4v) is 4.57. The predicted molar refractivity (Wildman–Crippen MR) is 136 cm³/mol. The van der Waals surface area contributed by atoms with Crippen LogP contribution in [0, 0.1) is 17.2 Å². The van der Waals surface area contributed by atoms with E-state index in [0.29, 0.717) is 40.1 Å². The van der Waals surface area contributed by atoms with Crippen molar-refractivity contribution in [3.05, 3.63) is 59.2 Å². The van der Waals surface area contributed by atoms with Crippen LogP contribution in [0.5, 0.6) is 0 Å². The first-order valence-electron chi connectivity index (χ1n) is 12.6. The summed E-state index contributed by atoms with van der Waals surface area (Å²) in [6, 6.07) is 8.95. The number of fused-ring (bicyclic) bond motifs is 1. The maximum Gasteiger partial charge on any atom is 0.416 e.